The molecule has 0 aromatic rings. The molecule has 1 atom stereocenters. The van der Waals surface area contributed by atoms with Crippen molar-refractivity contribution in [2.75, 3.05) is 39.5 Å². The van der Waals surface area contributed by atoms with Crippen LogP contribution in [0.5, 0.6) is 0 Å². The Labute approximate surface area is 100 Å². The molecule has 0 aromatic carbocycles. The van der Waals surface area contributed by atoms with E-state index in [9.17, 15) is 0 Å². The lowest BCUT2D eigenvalue weighted by Gasteiger charge is -2.32. The first kappa shape index (κ1) is 13.9. The van der Waals surface area contributed by atoms with E-state index in [0.29, 0.717) is 0 Å². The van der Waals surface area contributed by atoms with Gasteiger partial charge in [-0.2, -0.15) is 0 Å². The summed E-state index contributed by atoms with van der Waals surface area (Å²) in [7, 11) is 0. The van der Waals surface area contributed by atoms with Crippen molar-refractivity contribution in [2.45, 2.75) is 39.7 Å². The largest absolute Gasteiger partial charge is 0.379 e. The molecule has 0 N–H and O–H groups in total. The second-order valence-corrected chi connectivity index (χ2v) is 4.99. The summed E-state index contributed by atoms with van der Waals surface area (Å²) in [5.74, 6) is 0.820. The van der Waals surface area contributed by atoms with E-state index in [4.69, 9.17) is 9.47 Å². The molecule has 0 bridgehead atoms. The fourth-order valence-corrected chi connectivity index (χ4v) is 2.06. The van der Waals surface area contributed by atoms with E-state index >= 15 is 0 Å². The van der Waals surface area contributed by atoms with Crippen LogP contribution in [0.4, 0.5) is 0 Å². The summed E-state index contributed by atoms with van der Waals surface area (Å²) >= 11 is 0. The average Bonchev–Trinajstić information content (AvgIpc) is 2.26. The van der Waals surface area contributed by atoms with E-state index in [2.05, 4.69) is 18.7 Å². The van der Waals surface area contributed by atoms with Crippen molar-refractivity contribution in [1.29, 1.82) is 0 Å². The van der Waals surface area contributed by atoms with Crippen LogP contribution in [0.2, 0.25) is 0 Å². The predicted molar refractivity (Wildman–Crippen MR) is 66.7 cm³/mol. The number of rotatable bonds is 7. The third-order valence-electron chi connectivity index (χ3n) is 2.99. The molecule has 1 heterocycles. The zero-order valence-electron chi connectivity index (χ0n) is 11.1. The van der Waals surface area contributed by atoms with E-state index in [1.165, 1.54) is 19.4 Å². The van der Waals surface area contributed by atoms with Crippen LogP contribution >= 0.6 is 0 Å². The van der Waals surface area contributed by atoms with E-state index in [0.717, 1.165) is 38.8 Å². The molecular formula is C13H27NO2. The third-order valence-corrected chi connectivity index (χ3v) is 2.99. The molecule has 1 rings (SSSR count). The Bertz CT molecular complexity index is 173. The van der Waals surface area contributed by atoms with Gasteiger partial charge in [0.15, 0.2) is 0 Å². The zero-order chi connectivity index (χ0) is 11.8. The highest BCUT2D eigenvalue weighted by atomic mass is 16.5. The van der Waals surface area contributed by atoms with Crippen LogP contribution in [-0.4, -0.2) is 50.5 Å². The smallest absolute Gasteiger partial charge is 0.0935 e. The van der Waals surface area contributed by atoms with Gasteiger partial charge in [-0.25, -0.2) is 0 Å². The Morgan fingerprint density at radius 3 is 2.94 bits per heavy atom. The molecule has 1 fully saturated rings. The molecule has 1 saturated heterocycles. The summed E-state index contributed by atoms with van der Waals surface area (Å²) in [6, 6.07) is 0. The van der Waals surface area contributed by atoms with Crippen molar-refractivity contribution in [2.24, 2.45) is 5.92 Å². The lowest BCUT2D eigenvalue weighted by atomic mass is 10.1. The van der Waals surface area contributed by atoms with Gasteiger partial charge in [0.2, 0.25) is 0 Å². The second-order valence-electron chi connectivity index (χ2n) is 4.99. The van der Waals surface area contributed by atoms with E-state index in [1.807, 2.05) is 6.92 Å². The molecule has 1 aliphatic heterocycles. The number of hydrogen-bond donors (Lipinski definition) is 0. The number of ether oxygens (including phenoxy) is 2. The van der Waals surface area contributed by atoms with Gasteiger partial charge in [-0.15, -0.1) is 0 Å². The van der Waals surface area contributed by atoms with E-state index in [1.54, 1.807) is 0 Å². The van der Waals surface area contributed by atoms with Gasteiger partial charge in [0, 0.05) is 19.7 Å². The maximum Gasteiger partial charge on any atom is 0.0935 e. The Balaban J connectivity index is 2.12. The van der Waals surface area contributed by atoms with Crippen molar-refractivity contribution in [3.63, 3.8) is 0 Å². The second kappa shape index (κ2) is 8.04. The lowest BCUT2D eigenvalue weighted by Crippen LogP contribution is -2.44. The highest BCUT2D eigenvalue weighted by Crippen LogP contribution is 2.09. The Kier molecular flexibility index (Phi) is 7.01. The summed E-state index contributed by atoms with van der Waals surface area (Å²) in [6.45, 7) is 12.3. The third kappa shape index (κ3) is 5.83. The van der Waals surface area contributed by atoms with Crippen LogP contribution in [0.3, 0.4) is 0 Å². The molecule has 0 radical (unpaired) electrons. The lowest BCUT2D eigenvalue weighted by molar-refractivity contribution is -0.0676. The molecule has 3 nitrogen and oxygen atoms in total. The van der Waals surface area contributed by atoms with Crippen LogP contribution in [-0.2, 0) is 9.47 Å². The van der Waals surface area contributed by atoms with Gasteiger partial charge in [-0.1, -0.05) is 13.8 Å². The maximum atomic E-state index is 5.67. The Hall–Kier alpha value is -0.120. The number of morpholine rings is 1. The van der Waals surface area contributed by atoms with E-state index < -0.39 is 0 Å². The summed E-state index contributed by atoms with van der Waals surface area (Å²) in [5, 5.41) is 0. The molecule has 0 saturated carbocycles. The predicted octanol–water partition coefficient (Wildman–Crippen LogP) is 2.16. The number of hydrogen-bond acceptors (Lipinski definition) is 3. The highest BCUT2D eigenvalue weighted by molar-refractivity contribution is 4.71. The molecule has 0 aromatic heterocycles. The van der Waals surface area contributed by atoms with Crippen molar-refractivity contribution in [1.82, 2.24) is 4.90 Å². The van der Waals surface area contributed by atoms with Crippen LogP contribution in [0.1, 0.15) is 33.6 Å². The molecule has 0 unspecified atom stereocenters. The quantitative estimate of drug-likeness (QED) is 0.668. The number of nitrogens with zero attached hydrogens (tertiary/aromatic N) is 1. The summed E-state index contributed by atoms with van der Waals surface area (Å²) < 4.78 is 11.1. The molecule has 0 spiro atoms. The van der Waals surface area contributed by atoms with E-state index in [-0.39, 0.29) is 6.10 Å². The Morgan fingerprint density at radius 2 is 2.25 bits per heavy atom. The van der Waals surface area contributed by atoms with Gasteiger partial charge < -0.3 is 9.47 Å². The average molecular weight is 229 g/mol. The molecule has 0 amide bonds. The van der Waals surface area contributed by atoms with Crippen molar-refractivity contribution in [3.05, 3.63) is 0 Å². The monoisotopic (exact) mass is 229 g/mol. The summed E-state index contributed by atoms with van der Waals surface area (Å²) in [5.41, 5.74) is 0. The fraction of sp³-hybridized carbons (Fsp3) is 1.00. The molecule has 3 heteroatoms. The first-order chi connectivity index (χ1) is 7.72. The maximum absolute atomic E-state index is 5.67. The minimum Gasteiger partial charge on any atom is -0.379 e. The van der Waals surface area contributed by atoms with Crippen molar-refractivity contribution >= 4 is 0 Å². The van der Waals surface area contributed by atoms with Crippen molar-refractivity contribution < 1.29 is 9.47 Å². The van der Waals surface area contributed by atoms with Gasteiger partial charge in [0.25, 0.3) is 0 Å². The zero-order valence-corrected chi connectivity index (χ0v) is 11.1. The molecule has 16 heavy (non-hydrogen) atoms. The highest BCUT2D eigenvalue weighted by Gasteiger charge is 2.19. The summed E-state index contributed by atoms with van der Waals surface area (Å²) in [6.07, 6.45) is 2.92. The van der Waals surface area contributed by atoms with Crippen molar-refractivity contribution in [3.8, 4) is 0 Å². The SMILES string of the molecule is CCOC[C@@H]1CN(CCCC(C)C)CCO1. The van der Waals surface area contributed by atoms with Crippen LogP contribution in [0.25, 0.3) is 0 Å². The first-order valence-corrected chi connectivity index (χ1v) is 6.64. The standard InChI is InChI=1S/C13H27NO2/c1-4-15-11-13-10-14(8-9-16-13)7-5-6-12(2)3/h12-13H,4-11H2,1-3H3/t13-/m0/s1. The van der Waals surface area contributed by atoms with Gasteiger partial charge in [-0.05, 0) is 32.2 Å². The molecule has 1 aliphatic rings. The minimum atomic E-state index is 0.285. The first-order valence-electron chi connectivity index (χ1n) is 6.64. The topological polar surface area (TPSA) is 21.7 Å². The van der Waals surface area contributed by atoms with Crippen LogP contribution < -0.4 is 0 Å². The van der Waals surface area contributed by atoms with Gasteiger partial charge in [0.05, 0.1) is 19.3 Å². The normalized spacial score (nSPS) is 22.9. The molecule has 96 valence electrons. The van der Waals surface area contributed by atoms with Crippen LogP contribution in [0, 0.1) is 5.92 Å². The van der Waals surface area contributed by atoms with Gasteiger partial charge in [-0.3, -0.25) is 4.90 Å². The fourth-order valence-electron chi connectivity index (χ4n) is 2.06. The molecule has 0 aliphatic carbocycles. The van der Waals surface area contributed by atoms with Crippen LogP contribution in [0.15, 0.2) is 0 Å². The van der Waals surface area contributed by atoms with Gasteiger partial charge in [0.1, 0.15) is 0 Å². The minimum absolute atomic E-state index is 0.285. The molecular weight excluding hydrogens is 202 g/mol. The Morgan fingerprint density at radius 1 is 1.44 bits per heavy atom. The van der Waals surface area contributed by atoms with Gasteiger partial charge >= 0.3 is 0 Å². The summed E-state index contributed by atoms with van der Waals surface area (Å²) in [4.78, 5) is 2.51.